The Hall–Kier alpha value is -2.17. The lowest BCUT2D eigenvalue weighted by atomic mass is 10.2. The minimum absolute atomic E-state index is 0.236. The van der Waals surface area contributed by atoms with E-state index in [-0.39, 0.29) is 5.92 Å². The van der Waals surface area contributed by atoms with Crippen LogP contribution in [0.5, 0.6) is 0 Å². The third kappa shape index (κ3) is 1.60. The van der Waals surface area contributed by atoms with Crippen molar-refractivity contribution in [1.29, 1.82) is 0 Å². The maximum atomic E-state index is 5.21. The molecule has 0 atom stereocenters. The quantitative estimate of drug-likeness (QED) is 0.732. The van der Waals surface area contributed by atoms with Gasteiger partial charge in [-0.2, -0.15) is 4.98 Å². The Balaban J connectivity index is 2.16. The number of nitrogens with zero attached hydrogens (tertiary/aromatic N) is 3. The van der Waals surface area contributed by atoms with Crippen molar-refractivity contribution in [3.05, 3.63) is 30.4 Å². The number of fused-ring (bicyclic) bond motifs is 1. The topological polar surface area (TPSA) is 67.6 Å². The highest BCUT2D eigenvalue weighted by Crippen LogP contribution is 2.25. The van der Waals surface area contributed by atoms with E-state index in [1.165, 1.54) is 0 Å². The minimum Gasteiger partial charge on any atom is -0.346 e. The number of hydrogen-bond donors (Lipinski definition) is 1. The second-order valence-corrected chi connectivity index (χ2v) is 4.21. The number of nitrogens with one attached hydrogen (secondary N) is 1. The highest BCUT2D eigenvalue weighted by atomic mass is 16.5. The summed E-state index contributed by atoms with van der Waals surface area (Å²) in [6.45, 7) is 4.05. The van der Waals surface area contributed by atoms with Crippen molar-refractivity contribution < 1.29 is 4.52 Å². The van der Waals surface area contributed by atoms with Crippen LogP contribution < -0.4 is 0 Å². The number of hydrogen-bond acceptors (Lipinski definition) is 4. The monoisotopic (exact) mass is 228 g/mol. The molecule has 86 valence electrons. The molecule has 5 nitrogen and oxygen atoms in total. The first kappa shape index (κ1) is 10.0. The molecule has 0 saturated carbocycles. The molecule has 0 aromatic carbocycles. The van der Waals surface area contributed by atoms with Crippen molar-refractivity contribution in [3.63, 3.8) is 0 Å². The smallest absolute Gasteiger partial charge is 0.229 e. The summed E-state index contributed by atoms with van der Waals surface area (Å²) in [7, 11) is 0. The van der Waals surface area contributed by atoms with E-state index in [0.717, 1.165) is 16.6 Å². The zero-order chi connectivity index (χ0) is 11.8. The van der Waals surface area contributed by atoms with Crippen LogP contribution in [0.3, 0.4) is 0 Å². The third-order valence-corrected chi connectivity index (χ3v) is 2.64. The number of rotatable bonds is 2. The summed E-state index contributed by atoms with van der Waals surface area (Å²) in [5, 5.41) is 5.01. The molecule has 3 rings (SSSR count). The van der Waals surface area contributed by atoms with Crippen molar-refractivity contribution in [3.8, 4) is 11.4 Å². The first-order valence-corrected chi connectivity index (χ1v) is 5.52. The van der Waals surface area contributed by atoms with E-state index in [0.29, 0.717) is 11.7 Å². The van der Waals surface area contributed by atoms with E-state index < -0.39 is 0 Å². The Kier molecular flexibility index (Phi) is 2.18. The lowest BCUT2D eigenvalue weighted by Gasteiger charge is -1.96. The fourth-order valence-electron chi connectivity index (χ4n) is 1.73. The molecule has 5 heteroatoms. The predicted octanol–water partition coefficient (Wildman–Crippen LogP) is 2.74. The van der Waals surface area contributed by atoms with Crippen LogP contribution in [-0.2, 0) is 0 Å². The molecule has 1 N–H and O–H groups in total. The molecular formula is C12H12N4O. The summed E-state index contributed by atoms with van der Waals surface area (Å²) in [6.07, 6.45) is 3.59. The van der Waals surface area contributed by atoms with Crippen molar-refractivity contribution >= 4 is 11.0 Å². The Morgan fingerprint density at radius 1 is 1.29 bits per heavy atom. The number of aromatic amines is 1. The summed E-state index contributed by atoms with van der Waals surface area (Å²) >= 11 is 0. The second-order valence-electron chi connectivity index (χ2n) is 4.21. The molecule has 3 heterocycles. The standard InChI is InChI=1S/C12H12N4O/c1-7(2)12-15-11(16-17-12)9-4-6-14-10-8(9)3-5-13-10/h3-7H,1-2H3,(H,13,14). The zero-order valence-electron chi connectivity index (χ0n) is 9.64. The SMILES string of the molecule is CC(C)c1nc(-c2ccnc3[nH]ccc23)no1. The molecule has 0 unspecified atom stereocenters. The van der Waals surface area contributed by atoms with E-state index >= 15 is 0 Å². The van der Waals surface area contributed by atoms with Gasteiger partial charge >= 0.3 is 0 Å². The van der Waals surface area contributed by atoms with E-state index in [1.807, 2.05) is 32.2 Å². The molecule has 0 amide bonds. The van der Waals surface area contributed by atoms with Gasteiger partial charge in [0.2, 0.25) is 11.7 Å². The Bertz CT molecular complexity index is 653. The lowest BCUT2D eigenvalue weighted by molar-refractivity contribution is 0.365. The third-order valence-electron chi connectivity index (χ3n) is 2.64. The van der Waals surface area contributed by atoms with Crippen molar-refractivity contribution in [1.82, 2.24) is 20.1 Å². The van der Waals surface area contributed by atoms with Crippen molar-refractivity contribution in [2.75, 3.05) is 0 Å². The van der Waals surface area contributed by atoms with Gasteiger partial charge in [0.1, 0.15) is 5.65 Å². The summed E-state index contributed by atoms with van der Waals surface area (Å²) in [5.74, 6) is 1.50. The molecule has 0 radical (unpaired) electrons. The van der Waals surface area contributed by atoms with E-state index in [4.69, 9.17) is 4.52 Å². The van der Waals surface area contributed by atoms with Crippen LogP contribution in [0, 0.1) is 0 Å². The van der Waals surface area contributed by atoms with E-state index in [1.54, 1.807) is 6.20 Å². The van der Waals surface area contributed by atoms with Crippen LogP contribution in [0.15, 0.2) is 29.0 Å². The van der Waals surface area contributed by atoms with Gasteiger partial charge in [0.05, 0.1) is 0 Å². The molecule has 0 aliphatic rings. The number of H-pyrrole nitrogens is 1. The molecular weight excluding hydrogens is 216 g/mol. The summed E-state index contributed by atoms with van der Waals surface area (Å²) in [6, 6.07) is 3.86. The molecule has 3 aromatic rings. The Morgan fingerprint density at radius 3 is 2.94 bits per heavy atom. The normalized spacial score (nSPS) is 11.5. The van der Waals surface area contributed by atoms with Crippen LogP contribution in [0.2, 0.25) is 0 Å². The maximum Gasteiger partial charge on any atom is 0.229 e. The molecule has 0 aliphatic carbocycles. The zero-order valence-corrected chi connectivity index (χ0v) is 9.64. The van der Waals surface area contributed by atoms with Crippen LogP contribution in [0.25, 0.3) is 22.4 Å². The minimum atomic E-state index is 0.236. The summed E-state index contributed by atoms with van der Waals surface area (Å²) < 4.78 is 5.21. The Labute approximate surface area is 97.9 Å². The number of pyridine rings is 1. The maximum absolute atomic E-state index is 5.21. The molecule has 3 aromatic heterocycles. The average molecular weight is 228 g/mol. The number of aromatic nitrogens is 4. The highest BCUT2D eigenvalue weighted by molar-refractivity contribution is 5.90. The Morgan fingerprint density at radius 2 is 2.18 bits per heavy atom. The van der Waals surface area contributed by atoms with E-state index in [2.05, 4.69) is 20.1 Å². The second kappa shape index (κ2) is 3.69. The first-order valence-electron chi connectivity index (χ1n) is 5.52. The molecule has 17 heavy (non-hydrogen) atoms. The van der Waals surface area contributed by atoms with Crippen LogP contribution in [0.4, 0.5) is 0 Å². The van der Waals surface area contributed by atoms with Gasteiger partial charge in [0.25, 0.3) is 0 Å². The molecule has 0 bridgehead atoms. The predicted molar refractivity (Wildman–Crippen MR) is 63.5 cm³/mol. The first-order chi connectivity index (χ1) is 8.25. The lowest BCUT2D eigenvalue weighted by Crippen LogP contribution is -1.87. The summed E-state index contributed by atoms with van der Waals surface area (Å²) in [5.41, 5.74) is 1.77. The van der Waals surface area contributed by atoms with E-state index in [9.17, 15) is 0 Å². The van der Waals surface area contributed by atoms with Gasteiger partial charge in [-0.15, -0.1) is 0 Å². The van der Waals surface area contributed by atoms with Crippen LogP contribution in [-0.4, -0.2) is 20.1 Å². The fourth-order valence-corrected chi connectivity index (χ4v) is 1.73. The van der Waals surface area contributed by atoms with Crippen LogP contribution >= 0.6 is 0 Å². The van der Waals surface area contributed by atoms with Crippen LogP contribution in [0.1, 0.15) is 25.7 Å². The summed E-state index contributed by atoms with van der Waals surface area (Å²) in [4.78, 5) is 11.7. The van der Waals surface area contributed by atoms with Gasteiger partial charge in [-0.05, 0) is 12.1 Å². The van der Waals surface area contributed by atoms with Gasteiger partial charge in [-0.3, -0.25) is 0 Å². The van der Waals surface area contributed by atoms with Crippen molar-refractivity contribution in [2.45, 2.75) is 19.8 Å². The fraction of sp³-hybridized carbons (Fsp3) is 0.250. The molecule has 0 fully saturated rings. The molecule has 0 aliphatic heterocycles. The van der Waals surface area contributed by atoms with Gasteiger partial charge in [-0.1, -0.05) is 19.0 Å². The largest absolute Gasteiger partial charge is 0.346 e. The van der Waals surface area contributed by atoms with Crippen molar-refractivity contribution in [2.24, 2.45) is 0 Å². The van der Waals surface area contributed by atoms with Gasteiger partial charge in [-0.25, -0.2) is 4.98 Å². The van der Waals surface area contributed by atoms with Gasteiger partial charge in [0, 0.05) is 29.3 Å². The molecule has 0 saturated heterocycles. The van der Waals surface area contributed by atoms with Gasteiger partial charge in [0.15, 0.2) is 0 Å². The average Bonchev–Trinajstić information content (AvgIpc) is 2.97. The molecule has 0 spiro atoms. The van der Waals surface area contributed by atoms with Gasteiger partial charge < -0.3 is 9.51 Å². The highest BCUT2D eigenvalue weighted by Gasteiger charge is 2.14.